The largest absolute Gasteiger partial charge is 0.507 e. The Bertz CT molecular complexity index is 1380. The summed E-state index contributed by atoms with van der Waals surface area (Å²) in [5.41, 5.74) is -2.24. The van der Waals surface area contributed by atoms with Crippen LogP contribution in [-0.2, 0) is 30.3 Å². The zero-order valence-corrected chi connectivity index (χ0v) is 19.1. The van der Waals surface area contributed by atoms with Gasteiger partial charge in [0.2, 0.25) is 0 Å². The van der Waals surface area contributed by atoms with Crippen LogP contribution in [0.15, 0.2) is 24.3 Å². The first-order valence-electron chi connectivity index (χ1n) is 10.6. The van der Waals surface area contributed by atoms with Crippen LogP contribution in [0.1, 0.15) is 76.3 Å². The molecule has 178 valence electrons. The van der Waals surface area contributed by atoms with Crippen LogP contribution in [0.25, 0.3) is 0 Å². The average molecular weight is 476 g/mol. The number of ether oxygens (including phenoxy) is 3. The first kappa shape index (κ1) is 23.7. The maximum Gasteiger partial charge on any atom is 0.308 e. The highest BCUT2D eigenvalue weighted by Crippen LogP contribution is 2.52. The van der Waals surface area contributed by atoms with Gasteiger partial charge in [-0.2, -0.15) is 0 Å². The van der Waals surface area contributed by atoms with E-state index in [1.165, 1.54) is 12.1 Å². The number of ketones is 2. The summed E-state index contributed by atoms with van der Waals surface area (Å²) in [6, 6.07) is 6.02. The van der Waals surface area contributed by atoms with Crippen molar-refractivity contribution >= 4 is 29.5 Å². The van der Waals surface area contributed by atoms with E-state index in [2.05, 4.69) is 5.92 Å². The number of phenolic OH excluding ortho intramolecular Hbond substituents is 1. The lowest BCUT2D eigenvalue weighted by Crippen LogP contribution is -2.42. The summed E-state index contributed by atoms with van der Waals surface area (Å²) in [4.78, 5) is 62.7. The van der Waals surface area contributed by atoms with Crippen molar-refractivity contribution in [1.82, 2.24) is 0 Å². The maximum atomic E-state index is 13.5. The SMILES string of the molecule is C#CC1(OC(C)=O)Cc2c(OC(C)=O)c3c(c(O)c2C(OC(C)=O)C1)C(=O)c1ccccc1C3=O. The van der Waals surface area contributed by atoms with Crippen LogP contribution in [0.2, 0.25) is 0 Å². The number of esters is 3. The highest BCUT2D eigenvalue weighted by molar-refractivity contribution is 6.30. The van der Waals surface area contributed by atoms with Crippen LogP contribution >= 0.6 is 0 Å². The van der Waals surface area contributed by atoms with E-state index < -0.39 is 46.9 Å². The Balaban J connectivity index is 2.10. The lowest BCUT2D eigenvalue weighted by atomic mass is 9.73. The zero-order chi connectivity index (χ0) is 25.7. The van der Waals surface area contributed by atoms with Gasteiger partial charge in [-0.15, -0.1) is 6.42 Å². The molecule has 0 bridgehead atoms. The van der Waals surface area contributed by atoms with Crippen molar-refractivity contribution in [3.05, 3.63) is 57.6 Å². The van der Waals surface area contributed by atoms with Gasteiger partial charge in [-0.05, 0) is 0 Å². The smallest absolute Gasteiger partial charge is 0.308 e. The Labute approximate surface area is 200 Å². The van der Waals surface area contributed by atoms with Crippen LogP contribution in [0.3, 0.4) is 0 Å². The van der Waals surface area contributed by atoms with Gasteiger partial charge in [0.1, 0.15) is 17.6 Å². The molecule has 0 aliphatic heterocycles. The number of aromatic hydroxyl groups is 1. The number of benzene rings is 2. The summed E-state index contributed by atoms with van der Waals surface area (Å²) >= 11 is 0. The molecular formula is C26H20O9. The zero-order valence-electron chi connectivity index (χ0n) is 19.1. The highest BCUT2D eigenvalue weighted by Gasteiger charge is 2.49. The third-order valence-electron chi connectivity index (χ3n) is 5.89. The minimum atomic E-state index is -1.64. The molecule has 0 fully saturated rings. The van der Waals surface area contributed by atoms with E-state index in [0.717, 1.165) is 20.8 Å². The second-order valence-corrected chi connectivity index (χ2v) is 8.33. The molecule has 2 aliphatic carbocycles. The number of rotatable bonds is 3. The Hall–Kier alpha value is -4.45. The van der Waals surface area contributed by atoms with Crippen molar-refractivity contribution in [2.24, 2.45) is 0 Å². The Kier molecular flexibility index (Phi) is 5.69. The van der Waals surface area contributed by atoms with Crippen LogP contribution in [0.5, 0.6) is 11.5 Å². The maximum absolute atomic E-state index is 13.5. The molecule has 0 saturated carbocycles. The molecule has 0 spiro atoms. The van der Waals surface area contributed by atoms with E-state index >= 15 is 0 Å². The number of carbonyl (C=O) groups is 5. The van der Waals surface area contributed by atoms with E-state index in [-0.39, 0.29) is 52.0 Å². The number of terminal acetylenes is 1. The van der Waals surface area contributed by atoms with Gasteiger partial charge in [-0.25, -0.2) is 0 Å². The predicted octanol–water partition coefficient (Wildman–Crippen LogP) is 2.58. The molecule has 2 aliphatic rings. The summed E-state index contributed by atoms with van der Waals surface area (Å²) in [5, 5.41) is 11.3. The number of hydrogen-bond donors (Lipinski definition) is 1. The second-order valence-electron chi connectivity index (χ2n) is 8.33. The van der Waals surface area contributed by atoms with Crippen molar-refractivity contribution < 1.29 is 43.3 Å². The van der Waals surface area contributed by atoms with Gasteiger partial charge < -0.3 is 19.3 Å². The van der Waals surface area contributed by atoms with E-state index in [1.54, 1.807) is 12.1 Å². The molecule has 0 amide bonds. The molecule has 9 heteroatoms. The molecule has 2 unspecified atom stereocenters. The van der Waals surface area contributed by atoms with Crippen LogP contribution < -0.4 is 4.74 Å². The fourth-order valence-corrected chi connectivity index (χ4v) is 4.70. The first-order chi connectivity index (χ1) is 16.5. The van der Waals surface area contributed by atoms with Crippen LogP contribution in [0.4, 0.5) is 0 Å². The number of hydrogen-bond acceptors (Lipinski definition) is 9. The lowest BCUT2D eigenvalue weighted by molar-refractivity contribution is -0.160. The number of carbonyl (C=O) groups excluding carboxylic acids is 5. The highest BCUT2D eigenvalue weighted by atomic mass is 16.6. The van der Waals surface area contributed by atoms with Gasteiger partial charge in [0.05, 0.1) is 11.1 Å². The van der Waals surface area contributed by atoms with Gasteiger partial charge in [-0.3, -0.25) is 24.0 Å². The third kappa shape index (κ3) is 3.83. The van der Waals surface area contributed by atoms with Crippen LogP contribution in [0, 0.1) is 12.3 Å². The molecule has 4 rings (SSSR count). The molecule has 2 aromatic rings. The topological polar surface area (TPSA) is 133 Å². The quantitative estimate of drug-likeness (QED) is 0.344. The monoisotopic (exact) mass is 476 g/mol. The minimum absolute atomic E-state index is 0.0219. The fraction of sp³-hybridized carbons (Fsp3) is 0.269. The fourth-order valence-electron chi connectivity index (χ4n) is 4.70. The van der Waals surface area contributed by atoms with Gasteiger partial charge in [0, 0.05) is 55.9 Å². The molecule has 2 aromatic carbocycles. The molecular weight excluding hydrogens is 456 g/mol. The van der Waals surface area contributed by atoms with E-state index in [0.29, 0.717) is 0 Å². The molecule has 35 heavy (non-hydrogen) atoms. The average Bonchev–Trinajstić information content (AvgIpc) is 2.77. The molecule has 0 heterocycles. The molecule has 0 radical (unpaired) electrons. The summed E-state index contributed by atoms with van der Waals surface area (Å²) < 4.78 is 16.2. The standard InChI is InChI=1S/C26H20O9/c1-5-26(35-14(4)29)10-17-19(18(11-26)33-12(2)27)24(32)20-21(25(17)34-13(3)28)23(31)16-9-7-6-8-15(16)22(20)30/h1,6-9,18,32H,10-11H2,2-4H3. The molecule has 0 aromatic heterocycles. The van der Waals surface area contributed by atoms with Gasteiger partial charge >= 0.3 is 17.9 Å². The number of fused-ring (bicyclic) bond motifs is 3. The van der Waals surface area contributed by atoms with Gasteiger partial charge in [0.25, 0.3) is 0 Å². The van der Waals surface area contributed by atoms with Gasteiger partial charge in [-0.1, -0.05) is 30.2 Å². The summed E-state index contributed by atoms with van der Waals surface area (Å²) in [6.07, 6.45) is 3.93. The second kappa shape index (κ2) is 8.40. The van der Waals surface area contributed by atoms with Gasteiger partial charge in [0.15, 0.2) is 17.2 Å². The molecule has 2 atom stereocenters. The van der Waals surface area contributed by atoms with Crippen molar-refractivity contribution in [1.29, 1.82) is 0 Å². The normalized spacial score (nSPS) is 20.0. The lowest BCUT2D eigenvalue weighted by Gasteiger charge is -2.39. The third-order valence-corrected chi connectivity index (χ3v) is 5.89. The molecule has 0 saturated heterocycles. The number of phenols is 1. The van der Waals surface area contributed by atoms with Crippen molar-refractivity contribution in [3.8, 4) is 23.8 Å². The summed E-state index contributed by atoms with van der Waals surface area (Å²) in [7, 11) is 0. The van der Waals surface area contributed by atoms with E-state index in [1.807, 2.05) is 0 Å². The Morgan fingerprint density at radius 1 is 1.00 bits per heavy atom. The summed E-state index contributed by atoms with van der Waals surface area (Å²) in [6.45, 7) is 3.37. The molecule has 1 N–H and O–H groups in total. The summed E-state index contributed by atoms with van der Waals surface area (Å²) in [5.74, 6) is -2.10. The van der Waals surface area contributed by atoms with E-state index in [4.69, 9.17) is 20.6 Å². The Morgan fingerprint density at radius 2 is 1.60 bits per heavy atom. The Morgan fingerprint density at radius 3 is 2.11 bits per heavy atom. The first-order valence-corrected chi connectivity index (χ1v) is 10.6. The molecule has 9 nitrogen and oxygen atoms in total. The predicted molar refractivity (Wildman–Crippen MR) is 119 cm³/mol. The minimum Gasteiger partial charge on any atom is -0.507 e. The van der Waals surface area contributed by atoms with Crippen molar-refractivity contribution in [2.75, 3.05) is 0 Å². The van der Waals surface area contributed by atoms with Crippen LogP contribution in [-0.4, -0.2) is 40.2 Å². The van der Waals surface area contributed by atoms with E-state index in [9.17, 15) is 29.1 Å². The van der Waals surface area contributed by atoms with Crippen molar-refractivity contribution in [2.45, 2.75) is 45.3 Å². The van der Waals surface area contributed by atoms with Crippen molar-refractivity contribution in [3.63, 3.8) is 0 Å².